The van der Waals surface area contributed by atoms with Gasteiger partial charge in [-0.15, -0.1) is 0 Å². The lowest BCUT2D eigenvalue weighted by molar-refractivity contribution is -0.130. The summed E-state index contributed by atoms with van der Waals surface area (Å²) in [6.45, 7) is 8.36. The summed E-state index contributed by atoms with van der Waals surface area (Å²) in [5, 5.41) is 0. The molecule has 0 aliphatic heterocycles. The molecule has 1 aromatic carbocycles. The lowest BCUT2D eigenvalue weighted by Gasteiger charge is -2.13. The van der Waals surface area contributed by atoms with Gasteiger partial charge in [-0.1, -0.05) is 18.7 Å². The van der Waals surface area contributed by atoms with E-state index in [9.17, 15) is 13.2 Å². The molecule has 0 aliphatic rings. The summed E-state index contributed by atoms with van der Waals surface area (Å²) >= 11 is 0. The number of rotatable bonds is 5. The largest absolute Gasteiger partial charge is 0.422 e. The van der Waals surface area contributed by atoms with Crippen LogP contribution in [-0.2, 0) is 14.8 Å². The van der Waals surface area contributed by atoms with Crippen LogP contribution in [0.25, 0.3) is 0 Å². The van der Waals surface area contributed by atoms with Gasteiger partial charge in [-0.2, -0.15) is 0 Å². The van der Waals surface area contributed by atoms with E-state index in [1.165, 1.54) is 19.1 Å². The summed E-state index contributed by atoms with van der Waals surface area (Å²) in [4.78, 5) is 11.4. The van der Waals surface area contributed by atoms with Crippen LogP contribution in [0.4, 0.5) is 0 Å². The second kappa shape index (κ2) is 5.99. The van der Waals surface area contributed by atoms with Crippen molar-refractivity contribution in [3.05, 3.63) is 36.4 Å². The van der Waals surface area contributed by atoms with Gasteiger partial charge in [-0.3, -0.25) is 0 Å². The molecule has 6 heteroatoms. The number of ether oxygens (including phenoxy) is 1. The number of esters is 1. The number of hydrogen-bond acceptors (Lipinski definition) is 4. The van der Waals surface area contributed by atoms with Crippen LogP contribution >= 0.6 is 0 Å². The van der Waals surface area contributed by atoms with Crippen LogP contribution < -0.4 is 9.46 Å². The van der Waals surface area contributed by atoms with E-state index in [2.05, 4.69) is 11.3 Å². The first-order valence-electron chi connectivity index (χ1n) is 5.73. The molecule has 0 fully saturated rings. The van der Waals surface area contributed by atoms with Crippen LogP contribution in [0.2, 0.25) is 0 Å². The fraction of sp³-hybridized carbons (Fsp3) is 0.308. The van der Waals surface area contributed by atoms with E-state index in [0.717, 1.165) is 0 Å². The molecule has 0 aliphatic carbocycles. The molecule has 1 aromatic rings. The molecular weight excluding hydrogens is 266 g/mol. The molecule has 19 heavy (non-hydrogen) atoms. The van der Waals surface area contributed by atoms with Crippen molar-refractivity contribution in [3.63, 3.8) is 0 Å². The third kappa shape index (κ3) is 4.18. The van der Waals surface area contributed by atoms with Crippen molar-refractivity contribution in [3.8, 4) is 5.75 Å². The highest BCUT2D eigenvalue weighted by molar-refractivity contribution is 7.89. The minimum atomic E-state index is -3.72. The number of sulfonamides is 1. The normalized spacial score (nSPS) is 11.4. The van der Waals surface area contributed by atoms with E-state index in [4.69, 9.17) is 4.74 Å². The van der Waals surface area contributed by atoms with Crippen molar-refractivity contribution in [2.75, 3.05) is 0 Å². The molecule has 0 bridgehead atoms. The van der Waals surface area contributed by atoms with E-state index in [1.54, 1.807) is 26.0 Å². The van der Waals surface area contributed by atoms with Gasteiger partial charge in [0.2, 0.25) is 10.0 Å². The first-order valence-corrected chi connectivity index (χ1v) is 7.21. The Bertz CT molecular complexity index is 590. The van der Waals surface area contributed by atoms with Crippen LogP contribution in [0.5, 0.6) is 5.75 Å². The number of carbonyl (C=O) groups excluding carboxylic acids is 1. The van der Waals surface area contributed by atoms with Crippen LogP contribution in [0.3, 0.4) is 0 Å². The molecule has 0 spiro atoms. The minimum Gasteiger partial charge on any atom is -0.422 e. The van der Waals surface area contributed by atoms with E-state index < -0.39 is 16.0 Å². The van der Waals surface area contributed by atoms with Crippen LogP contribution in [0.1, 0.15) is 20.8 Å². The molecule has 104 valence electrons. The van der Waals surface area contributed by atoms with Crippen molar-refractivity contribution < 1.29 is 17.9 Å². The van der Waals surface area contributed by atoms with Crippen molar-refractivity contribution in [2.45, 2.75) is 31.7 Å². The molecular formula is C13H17NO4S. The average molecular weight is 283 g/mol. The standard InChI is InChI=1S/C13H17NO4S/c1-9(2)13(15)18-11-7-5-6-8-12(11)19(16,17)14-10(3)4/h5-8,10,14H,1H2,2-4H3. The minimum absolute atomic E-state index is 0.0105. The van der Waals surface area contributed by atoms with Gasteiger partial charge < -0.3 is 4.74 Å². The Balaban J connectivity index is 3.16. The highest BCUT2D eigenvalue weighted by Crippen LogP contribution is 2.24. The molecule has 0 radical (unpaired) electrons. The predicted molar refractivity (Wildman–Crippen MR) is 72.3 cm³/mol. The Morgan fingerprint density at radius 2 is 1.89 bits per heavy atom. The molecule has 0 atom stereocenters. The zero-order valence-electron chi connectivity index (χ0n) is 11.1. The first kappa shape index (κ1) is 15.4. The molecule has 5 nitrogen and oxygen atoms in total. The van der Waals surface area contributed by atoms with Crippen LogP contribution in [0, 0.1) is 0 Å². The molecule has 0 heterocycles. The Kier molecular flexibility index (Phi) is 4.85. The molecule has 1 N–H and O–H groups in total. The van der Waals surface area contributed by atoms with Crippen molar-refractivity contribution in [2.24, 2.45) is 0 Å². The summed E-state index contributed by atoms with van der Waals surface area (Å²) < 4.78 is 31.6. The zero-order valence-corrected chi connectivity index (χ0v) is 12.0. The molecule has 0 saturated carbocycles. The van der Waals surface area contributed by atoms with Gasteiger partial charge in [0.15, 0.2) is 5.75 Å². The zero-order chi connectivity index (χ0) is 14.6. The summed E-state index contributed by atoms with van der Waals surface area (Å²) in [7, 11) is -3.72. The van der Waals surface area contributed by atoms with Gasteiger partial charge in [0.25, 0.3) is 0 Å². The van der Waals surface area contributed by atoms with E-state index in [-0.39, 0.29) is 22.3 Å². The topological polar surface area (TPSA) is 72.5 Å². The third-order valence-electron chi connectivity index (χ3n) is 2.08. The Morgan fingerprint density at radius 1 is 1.32 bits per heavy atom. The quantitative estimate of drug-likeness (QED) is 0.508. The van der Waals surface area contributed by atoms with Gasteiger partial charge in [-0.25, -0.2) is 17.9 Å². The number of para-hydroxylation sites is 1. The number of carbonyl (C=O) groups is 1. The molecule has 0 unspecified atom stereocenters. The lowest BCUT2D eigenvalue weighted by Crippen LogP contribution is -2.30. The number of hydrogen-bond donors (Lipinski definition) is 1. The van der Waals surface area contributed by atoms with Crippen LogP contribution in [-0.4, -0.2) is 20.4 Å². The number of nitrogens with one attached hydrogen (secondary N) is 1. The summed E-state index contributed by atoms with van der Waals surface area (Å²) in [6, 6.07) is 5.71. The van der Waals surface area contributed by atoms with Crippen molar-refractivity contribution in [1.82, 2.24) is 4.72 Å². The first-order chi connectivity index (χ1) is 8.74. The molecule has 0 amide bonds. The third-order valence-corrected chi connectivity index (χ3v) is 3.78. The summed E-state index contributed by atoms with van der Waals surface area (Å²) in [6.07, 6.45) is 0. The summed E-state index contributed by atoms with van der Waals surface area (Å²) in [5.74, 6) is -0.671. The Hall–Kier alpha value is -1.66. The average Bonchev–Trinajstić information content (AvgIpc) is 2.27. The Morgan fingerprint density at radius 3 is 2.42 bits per heavy atom. The maximum Gasteiger partial charge on any atom is 0.338 e. The maximum absolute atomic E-state index is 12.1. The van der Waals surface area contributed by atoms with Gasteiger partial charge in [0.1, 0.15) is 4.90 Å². The highest BCUT2D eigenvalue weighted by Gasteiger charge is 2.21. The van der Waals surface area contributed by atoms with E-state index in [0.29, 0.717) is 0 Å². The SMILES string of the molecule is C=C(C)C(=O)Oc1ccccc1S(=O)(=O)NC(C)C. The predicted octanol–water partition coefficient (Wildman–Crippen LogP) is 1.85. The maximum atomic E-state index is 12.1. The van der Waals surface area contributed by atoms with Gasteiger partial charge in [0, 0.05) is 11.6 Å². The van der Waals surface area contributed by atoms with Gasteiger partial charge in [-0.05, 0) is 32.9 Å². The van der Waals surface area contributed by atoms with Crippen LogP contribution in [0.15, 0.2) is 41.3 Å². The highest BCUT2D eigenvalue weighted by atomic mass is 32.2. The van der Waals surface area contributed by atoms with E-state index in [1.807, 2.05) is 0 Å². The van der Waals surface area contributed by atoms with E-state index >= 15 is 0 Å². The van der Waals surface area contributed by atoms with Crippen molar-refractivity contribution >= 4 is 16.0 Å². The fourth-order valence-corrected chi connectivity index (χ4v) is 2.70. The van der Waals surface area contributed by atoms with Gasteiger partial charge in [0.05, 0.1) is 0 Å². The van der Waals surface area contributed by atoms with Crippen molar-refractivity contribution in [1.29, 1.82) is 0 Å². The smallest absolute Gasteiger partial charge is 0.338 e. The number of benzene rings is 1. The molecule has 0 saturated heterocycles. The Labute approximate surface area is 113 Å². The second-order valence-corrected chi connectivity index (χ2v) is 6.07. The monoisotopic (exact) mass is 283 g/mol. The fourth-order valence-electron chi connectivity index (χ4n) is 1.32. The summed E-state index contributed by atoms with van der Waals surface area (Å²) in [5.41, 5.74) is 0.198. The second-order valence-electron chi connectivity index (χ2n) is 4.39. The van der Waals surface area contributed by atoms with Gasteiger partial charge >= 0.3 is 5.97 Å². The molecule has 1 rings (SSSR count). The lowest BCUT2D eigenvalue weighted by atomic mass is 10.3. The molecule has 0 aromatic heterocycles.